The predicted octanol–water partition coefficient (Wildman–Crippen LogP) is 2.91. The van der Waals surface area contributed by atoms with Gasteiger partial charge in [-0.2, -0.15) is 0 Å². The number of anilines is 2. The van der Waals surface area contributed by atoms with E-state index in [0.717, 1.165) is 43.9 Å². The zero-order valence-corrected chi connectivity index (χ0v) is 19.9. The fraction of sp³-hybridized carbons (Fsp3) is 0.500. The van der Waals surface area contributed by atoms with E-state index in [4.69, 9.17) is 11.6 Å². The molecular weight excluding hydrogens is 450 g/mol. The van der Waals surface area contributed by atoms with Crippen molar-refractivity contribution in [2.45, 2.75) is 50.2 Å². The molecule has 2 fully saturated rings. The molecule has 2 saturated heterocycles. The number of nitrogens with zero attached hydrogens (tertiary/aromatic N) is 4. The topological polar surface area (TPSA) is 95.5 Å². The molecule has 2 aromatic rings. The molecule has 8 nitrogen and oxygen atoms in total. The van der Waals surface area contributed by atoms with Crippen molar-refractivity contribution in [2.24, 2.45) is 0 Å². The Morgan fingerprint density at radius 2 is 1.88 bits per heavy atom. The summed E-state index contributed by atoms with van der Waals surface area (Å²) in [5, 5.41) is 3.92. The van der Waals surface area contributed by atoms with Crippen LogP contribution < -0.4 is 10.2 Å². The summed E-state index contributed by atoms with van der Waals surface area (Å²) < 4.78 is 23.8. The molecule has 4 rings (SSSR count). The van der Waals surface area contributed by atoms with Gasteiger partial charge < -0.3 is 15.1 Å². The van der Waals surface area contributed by atoms with E-state index in [1.54, 1.807) is 19.2 Å². The van der Waals surface area contributed by atoms with E-state index in [1.807, 2.05) is 17.9 Å². The van der Waals surface area contributed by atoms with Crippen LogP contribution in [0.2, 0.25) is 5.02 Å². The number of carbonyl (C=O) groups is 1. The van der Waals surface area contributed by atoms with Crippen molar-refractivity contribution in [3.05, 3.63) is 41.2 Å². The van der Waals surface area contributed by atoms with Crippen LogP contribution in [0.4, 0.5) is 11.5 Å². The smallest absolute Gasteiger partial charge is 0.245 e. The molecule has 0 radical (unpaired) electrons. The van der Waals surface area contributed by atoms with Gasteiger partial charge in [0, 0.05) is 31.9 Å². The van der Waals surface area contributed by atoms with Crippen LogP contribution >= 0.6 is 11.6 Å². The van der Waals surface area contributed by atoms with Gasteiger partial charge in [-0.15, -0.1) is 0 Å². The third kappa shape index (κ3) is 4.68. The summed E-state index contributed by atoms with van der Waals surface area (Å²) in [7, 11) is -3.33. The fourth-order valence-electron chi connectivity index (χ4n) is 4.45. The number of nitrogens with one attached hydrogen (secondary N) is 1. The number of aromatic nitrogens is 2. The van der Waals surface area contributed by atoms with Crippen LogP contribution in [-0.4, -0.2) is 66.7 Å². The summed E-state index contributed by atoms with van der Waals surface area (Å²) in [5.41, 5.74) is 1.71. The molecule has 0 saturated carbocycles. The maximum Gasteiger partial charge on any atom is 0.245 e. The first-order valence-electron chi connectivity index (χ1n) is 10.9. The summed E-state index contributed by atoms with van der Waals surface area (Å²) in [6.45, 7) is 6.01. The van der Waals surface area contributed by atoms with Gasteiger partial charge >= 0.3 is 0 Å². The lowest BCUT2D eigenvalue weighted by Gasteiger charge is -2.37. The molecule has 2 aromatic heterocycles. The van der Waals surface area contributed by atoms with Crippen molar-refractivity contribution in [1.29, 1.82) is 0 Å². The third-order valence-electron chi connectivity index (χ3n) is 6.24. The summed E-state index contributed by atoms with van der Waals surface area (Å²) in [6, 6.07) is 4.98. The molecule has 2 aliphatic heterocycles. The molecule has 32 heavy (non-hydrogen) atoms. The molecule has 4 heterocycles. The highest BCUT2D eigenvalue weighted by molar-refractivity contribution is 7.91. The summed E-state index contributed by atoms with van der Waals surface area (Å²) in [4.78, 5) is 25.8. The quantitative estimate of drug-likeness (QED) is 0.683. The maximum atomic E-state index is 13.0. The predicted molar refractivity (Wildman–Crippen MR) is 125 cm³/mol. The van der Waals surface area contributed by atoms with Gasteiger partial charge in [0.05, 0.1) is 22.7 Å². The number of hydrogen-bond acceptors (Lipinski definition) is 7. The Labute approximate surface area is 193 Å². The van der Waals surface area contributed by atoms with Crippen molar-refractivity contribution in [3.63, 3.8) is 0 Å². The van der Waals surface area contributed by atoms with Crippen molar-refractivity contribution < 1.29 is 13.2 Å². The first-order chi connectivity index (χ1) is 15.3. The van der Waals surface area contributed by atoms with E-state index in [2.05, 4.69) is 20.2 Å². The van der Waals surface area contributed by atoms with Gasteiger partial charge in [-0.05, 0) is 49.9 Å². The minimum absolute atomic E-state index is 0.00924. The highest BCUT2D eigenvalue weighted by atomic mass is 35.5. The number of pyridine rings is 2. The number of piperidine rings is 1. The van der Waals surface area contributed by atoms with Gasteiger partial charge in [0.15, 0.2) is 14.9 Å². The first-order valence-corrected chi connectivity index (χ1v) is 12.9. The summed E-state index contributed by atoms with van der Waals surface area (Å²) in [5.74, 6) is 1.06. The maximum absolute atomic E-state index is 13.0. The lowest BCUT2D eigenvalue weighted by atomic mass is 10.0. The van der Waals surface area contributed by atoms with Crippen molar-refractivity contribution in [2.75, 3.05) is 35.6 Å². The monoisotopic (exact) mass is 477 g/mol. The van der Waals surface area contributed by atoms with Gasteiger partial charge in [0.2, 0.25) is 5.91 Å². The van der Waals surface area contributed by atoms with E-state index >= 15 is 0 Å². The second-order valence-electron chi connectivity index (χ2n) is 8.32. The minimum Gasteiger partial charge on any atom is -0.372 e. The normalized spacial score (nSPS) is 20.1. The van der Waals surface area contributed by atoms with Gasteiger partial charge in [-0.3, -0.25) is 4.79 Å². The number of likely N-dealkylation sites (tertiary alicyclic amines) is 1. The first kappa shape index (κ1) is 22.8. The van der Waals surface area contributed by atoms with Gasteiger partial charge in [-0.25, -0.2) is 18.4 Å². The van der Waals surface area contributed by atoms with Crippen LogP contribution in [0.1, 0.15) is 31.7 Å². The standard InChI is InChI=1S/C22H28ClN5O3S/c1-3-32(30,31)20-5-4-17(14-24-20)26-19-8-11-28(22(19)29)18-6-9-27(10-7-18)21-15(2)12-16(23)13-25-21/h4-5,12-14,18-19,26H,3,6-11H2,1-2H3/t19-/m0/s1. The van der Waals surface area contributed by atoms with Crippen molar-refractivity contribution in [1.82, 2.24) is 14.9 Å². The number of hydrogen-bond donors (Lipinski definition) is 1. The Morgan fingerprint density at radius 1 is 1.12 bits per heavy atom. The molecular formula is C22H28ClN5O3S. The molecule has 1 N–H and O–H groups in total. The lowest BCUT2D eigenvalue weighted by Crippen LogP contribution is -2.47. The number of rotatable bonds is 6. The van der Waals surface area contributed by atoms with Crippen LogP contribution in [0, 0.1) is 6.92 Å². The Kier molecular flexibility index (Phi) is 6.57. The average Bonchev–Trinajstić information content (AvgIpc) is 3.14. The van der Waals surface area contributed by atoms with Crippen LogP contribution in [0.5, 0.6) is 0 Å². The third-order valence-corrected chi connectivity index (χ3v) is 8.08. The van der Waals surface area contributed by atoms with E-state index in [-0.39, 0.29) is 28.8 Å². The Hall–Kier alpha value is -2.39. The molecule has 0 bridgehead atoms. The number of sulfone groups is 1. The van der Waals surface area contributed by atoms with Crippen LogP contribution in [0.3, 0.4) is 0 Å². The van der Waals surface area contributed by atoms with E-state index in [9.17, 15) is 13.2 Å². The second kappa shape index (κ2) is 9.23. The highest BCUT2D eigenvalue weighted by Gasteiger charge is 2.37. The molecule has 172 valence electrons. The van der Waals surface area contributed by atoms with Crippen LogP contribution in [0.15, 0.2) is 35.6 Å². The van der Waals surface area contributed by atoms with Gasteiger partial charge in [0.1, 0.15) is 11.9 Å². The molecule has 10 heteroatoms. The molecule has 1 atom stereocenters. The van der Waals surface area contributed by atoms with Crippen molar-refractivity contribution >= 4 is 38.9 Å². The largest absolute Gasteiger partial charge is 0.372 e. The number of amides is 1. The zero-order chi connectivity index (χ0) is 22.9. The number of carbonyl (C=O) groups excluding carboxylic acids is 1. The van der Waals surface area contributed by atoms with E-state index in [1.165, 1.54) is 12.3 Å². The minimum atomic E-state index is -3.33. The average molecular weight is 478 g/mol. The summed E-state index contributed by atoms with van der Waals surface area (Å²) in [6.07, 6.45) is 5.67. The van der Waals surface area contributed by atoms with E-state index < -0.39 is 9.84 Å². The van der Waals surface area contributed by atoms with Crippen LogP contribution in [0.25, 0.3) is 0 Å². The zero-order valence-electron chi connectivity index (χ0n) is 18.3. The number of aryl methyl sites for hydroxylation is 1. The van der Waals surface area contributed by atoms with Gasteiger partial charge in [0.25, 0.3) is 0 Å². The molecule has 0 unspecified atom stereocenters. The molecule has 0 spiro atoms. The fourth-order valence-corrected chi connectivity index (χ4v) is 5.45. The molecule has 2 aliphatic rings. The lowest BCUT2D eigenvalue weighted by molar-refractivity contribution is -0.130. The Bertz CT molecular complexity index is 1090. The second-order valence-corrected chi connectivity index (χ2v) is 11.0. The van der Waals surface area contributed by atoms with Gasteiger partial charge in [-0.1, -0.05) is 18.5 Å². The SMILES string of the molecule is CCS(=O)(=O)c1ccc(N[C@H]2CCN(C3CCN(c4ncc(Cl)cc4C)CC3)C2=O)cn1. The molecule has 0 aliphatic carbocycles. The van der Waals surface area contributed by atoms with Crippen LogP contribution in [-0.2, 0) is 14.6 Å². The highest BCUT2D eigenvalue weighted by Crippen LogP contribution is 2.28. The van der Waals surface area contributed by atoms with Crippen molar-refractivity contribution in [3.8, 4) is 0 Å². The Morgan fingerprint density at radius 3 is 2.50 bits per heavy atom. The number of halogens is 1. The molecule has 0 aromatic carbocycles. The summed E-state index contributed by atoms with van der Waals surface area (Å²) >= 11 is 6.03. The van der Waals surface area contributed by atoms with E-state index in [0.29, 0.717) is 17.1 Å². The molecule has 1 amide bonds. The Balaban J connectivity index is 1.34.